The molecule has 0 atom stereocenters. The van der Waals surface area contributed by atoms with E-state index in [1.165, 1.54) is 4.57 Å². The van der Waals surface area contributed by atoms with Crippen molar-refractivity contribution in [2.75, 3.05) is 13.1 Å². The molecule has 6 heteroatoms. The summed E-state index contributed by atoms with van der Waals surface area (Å²) in [7, 11) is 0. The Morgan fingerprint density at radius 1 is 1.53 bits per heavy atom. The number of amides is 1. The Balaban J connectivity index is 2.15. The van der Waals surface area contributed by atoms with Crippen LogP contribution in [0.25, 0.3) is 10.9 Å². The highest BCUT2D eigenvalue weighted by Crippen LogP contribution is 2.29. The molecule has 5 nitrogen and oxygen atoms in total. The number of halogens is 1. The Morgan fingerprint density at radius 2 is 2.37 bits per heavy atom. The van der Waals surface area contributed by atoms with Gasteiger partial charge in [0.15, 0.2) is 0 Å². The molecule has 2 heterocycles. The Morgan fingerprint density at radius 3 is 3.05 bits per heavy atom. The second kappa shape index (κ2) is 4.59. The first-order valence-corrected chi connectivity index (χ1v) is 6.40. The van der Waals surface area contributed by atoms with Crippen molar-refractivity contribution >= 4 is 34.4 Å². The van der Waals surface area contributed by atoms with Gasteiger partial charge in [0.25, 0.3) is 0 Å². The number of hydrogen-bond donors (Lipinski definition) is 2. The lowest BCUT2D eigenvalue weighted by molar-refractivity contribution is 0.251. The summed E-state index contributed by atoms with van der Waals surface area (Å²) in [5, 5.41) is 4.69. The first kappa shape index (κ1) is 12.0. The lowest BCUT2D eigenvalue weighted by atomic mass is 10.1. The van der Waals surface area contributed by atoms with Gasteiger partial charge in [-0.05, 0) is 17.7 Å². The summed E-state index contributed by atoms with van der Waals surface area (Å²) in [6.07, 6.45) is 2.36. The van der Waals surface area contributed by atoms with E-state index in [1.807, 2.05) is 12.1 Å². The third-order valence-corrected chi connectivity index (χ3v) is 3.51. The molecule has 0 bridgehead atoms. The number of carbonyl (C=O) groups excluding carboxylic acids is 1. The third kappa shape index (κ3) is 2.06. The third-order valence-electron chi connectivity index (χ3n) is 3.20. The molecule has 0 spiro atoms. The first-order chi connectivity index (χ1) is 9.16. The summed E-state index contributed by atoms with van der Waals surface area (Å²) in [6.45, 7) is 1.65. The monoisotopic (exact) mass is 276 g/mol. The van der Waals surface area contributed by atoms with Crippen molar-refractivity contribution in [2.45, 2.75) is 6.42 Å². The number of primary amides is 1. The lowest BCUT2D eigenvalue weighted by Crippen LogP contribution is -2.21. The minimum Gasteiger partial charge on any atom is -0.372 e. The van der Waals surface area contributed by atoms with Gasteiger partial charge >= 0.3 is 6.03 Å². The van der Waals surface area contributed by atoms with Crippen LogP contribution >= 0.6 is 11.6 Å². The van der Waals surface area contributed by atoms with Crippen molar-refractivity contribution in [1.29, 1.82) is 0 Å². The smallest absolute Gasteiger partial charge is 0.323 e. The second-order valence-corrected chi connectivity index (χ2v) is 4.84. The Bertz CT molecular complexity index is 689. The average Bonchev–Trinajstić information content (AvgIpc) is 2.98. The van der Waals surface area contributed by atoms with Crippen LogP contribution in [0.4, 0.5) is 4.79 Å². The van der Waals surface area contributed by atoms with Crippen molar-refractivity contribution in [2.24, 2.45) is 10.7 Å². The number of hydrogen-bond acceptors (Lipinski definition) is 3. The van der Waals surface area contributed by atoms with Gasteiger partial charge in [-0.1, -0.05) is 17.7 Å². The van der Waals surface area contributed by atoms with Crippen LogP contribution < -0.4 is 11.1 Å². The summed E-state index contributed by atoms with van der Waals surface area (Å²) in [5.41, 5.74) is 7.07. The molecule has 19 heavy (non-hydrogen) atoms. The fourth-order valence-corrected chi connectivity index (χ4v) is 2.67. The molecule has 0 saturated carbocycles. The molecular weight excluding hydrogens is 264 g/mol. The molecule has 1 aliphatic rings. The van der Waals surface area contributed by atoms with E-state index in [-0.39, 0.29) is 0 Å². The fourth-order valence-electron chi connectivity index (χ4n) is 2.38. The summed E-state index contributed by atoms with van der Waals surface area (Å²) in [5.74, 6) is 0.920. The van der Waals surface area contributed by atoms with Crippen LogP contribution in [0, 0.1) is 0 Å². The molecule has 3 rings (SSSR count). The zero-order chi connectivity index (χ0) is 13.4. The van der Waals surface area contributed by atoms with E-state index >= 15 is 0 Å². The zero-order valence-electron chi connectivity index (χ0n) is 10.2. The van der Waals surface area contributed by atoms with E-state index in [2.05, 4.69) is 10.3 Å². The highest BCUT2D eigenvalue weighted by atomic mass is 35.5. The summed E-state index contributed by atoms with van der Waals surface area (Å²) >= 11 is 6.24. The molecule has 1 aromatic heterocycles. The quantitative estimate of drug-likeness (QED) is 0.877. The largest absolute Gasteiger partial charge is 0.372 e. The predicted molar refractivity (Wildman–Crippen MR) is 75.9 cm³/mol. The number of benzene rings is 1. The van der Waals surface area contributed by atoms with E-state index in [0.717, 1.165) is 35.4 Å². The van der Waals surface area contributed by atoms with Crippen molar-refractivity contribution in [1.82, 2.24) is 9.88 Å². The average molecular weight is 277 g/mol. The van der Waals surface area contributed by atoms with Crippen LogP contribution in [0.15, 0.2) is 29.4 Å². The standard InChI is InChI=1S/C13H13ClN4O/c14-9-2-1-3-10-12(9)8(7-18(10)13(15)19)6-11-16-4-5-17-11/h1-3,7H,4-6H2,(H2,15,19)(H,16,17). The van der Waals surface area contributed by atoms with Crippen molar-refractivity contribution in [3.63, 3.8) is 0 Å². The minimum absolute atomic E-state index is 0.514. The maximum Gasteiger partial charge on any atom is 0.323 e. The number of carbonyl (C=O) groups is 1. The predicted octanol–water partition coefficient (Wildman–Crippen LogP) is 1.77. The summed E-state index contributed by atoms with van der Waals surface area (Å²) in [4.78, 5) is 15.8. The van der Waals surface area contributed by atoms with Gasteiger partial charge in [-0.3, -0.25) is 9.56 Å². The molecule has 0 radical (unpaired) electrons. The molecule has 0 saturated heterocycles. The molecule has 1 amide bonds. The number of nitrogens with two attached hydrogens (primary N) is 1. The number of aliphatic imine (C=N–C) groups is 1. The second-order valence-electron chi connectivity index (χ2n) is 4.43. The number of amidine groups is 1. The maximum absolute atomic E-state index is 11.5. The van der Waals surface area contributed by atoms with Crippen molar-refractivity contribution in [3.05, 3.63) is 35.0 Å². The Kier molecular flexibility index (Phi) is 2.91. The topological polar surface area (TPSA) is 72.4 Å². The number of fused-ring (bicyclic) bond motifs is 1. The van der Waals surface area contributed by atoms with Crippen LogP contribution in [-0.2, 0) is 6.42 Å². The highest BCUT2D eigenvalue weighted by molar-refractivity contribution is 6.36. The summed E-state index contributed by atoms with van der Waals surface area (Å²) < 4.78 is 1.42. The van der Waals surface area contributed by atoms with Gasteiger partial charge < -0.3 is 11.1 Å². The summed E-state index contributed by atoms with van der Waals surface area (Å²) in [6, 6.07) is 4.93. The van der Waals surface area contributed by atoms with Gasteiger partial charge in [-0.15, -0.1) is 0 Å². The Hall–Kier alpha value is -2.01. The molecule has 2 aromatic rings. The zero-order valence-corrected chi connectivity index (χ0v) is 10.9. The van der Waals surface area contributed by atoms with Crippen molar-refractivity contribution < 1.29 is 4.79 Å². The van der Waals surface area contributed by atoms with Crippen molar-refractivity contribution in [3.8, 4) is 0 Å². The number of aromatic nitrogens is 1. The van der Waals surface area contributed by atoms with E-state index in [4.69, 9.17) is 17.3 Å². The van der Waals surface area contributed by atoms with Gasteiger partial charge in [0.05, 0.1) is 17.1 Å². The van der Waals surface area contributed by atoms with Gasteiger partial charge in [-0.2, -0.15) is 0 Å². The molecular formula is C13H13ClN4O. The molecule has 0 aliphatic carbocycles. The van der Waals surface area contributed by atoms with Crippen LogP contribution in [0.3, 0.4) is 0 Å². The lowest BCUT2D eigenvalue weighted by Gasteiger charge is -2.02. The van der Waals surface area contributed by atoms with E-state index < -0.39 is 6.03 Å². The van der Waals surface area contributed by atoms with E-state index in [0.29, 0.717) is 11.4 Å². The number of nitrogens with zero attached hydrogens (tertiary/aromatic N) is 2. The van der Waals surface area contributed by atoms with E-state index in [9.17, 15) is 4.79 Å². The molecule has 1 aromatic carbocycles. The van der Waals surface area contributed by atoms with Crippen LogP contribution in [0.2, 0.25) is 5.02 Å². The van der Waals surface area contributed by atoms with Gasteiger partial charge in [-0.25, -0.2) is 4.79 Å². The van der Waals surface area contributed by atoms with Gasteiger partial charge in [0.2, 0.25) is 0 Å². The number of rotatable bonds is 2. The molecule has 98 valence electrons. The minimum atomic E-state index is -0.514. The number of nitrogens with one attached hydrogen (secondary N) is 1. The molecule has 0 fully saturated rings. The highest BCUT2D eigenvalue weighted by Gasteiger charge is 2.16. The molecule has 1 aliphatic heterocycles. The Labute approximate surface area is 115 Å². The van der Waals surface area contributed by atoms with Crippen LogP contribution in [-0.4, -0.2) is 29.5 Å². The maximum atomic E-state index is 11.5. The SMILES string of the molecule is NC(=O)n1cc(CC2=NCCN2)c2c(Cl)cccc21. The molecule has 0 unspecified atom stereocenters. The van der Waals surface area contributed by atoms with Crippen LogP contribution in [0.5, 0.6) is 0 Å². The van der Waals surface area contributed by atoms with Gasteiger partial charge in [0.1, 0.15) is 5.84 Å². The fraction of sp³-hybridized carbons (Fsp3) is 0.231. The van der Waals surface area contributed by atoms with Crippen LogP contribution in [0.1, 0.15) is 5.56 Å². The first-order valence-electron chi connectivity index (χ1n) is 6.02. The van der Waals surface area contributed by atoms with E-state index in [1.54, 1.807) is 12.3 Å². The molecule has 3 N–H and O–H groups in total. The van der Waals surface area contributed by atoms with Gasteiger partial charge in [0, 0.05) is 24.5 Å². The normalized spacial score (nSPS) is 14.5.